The Morgan fingerprint density at radius 1 is 1.00 bits per heavy atom. The van der Waals surface area contributed by atoms with Gasteiger partial charge in [-0.05, 0) is 30.2 Å². The zero-order valence-corrected chi connectivity index (χ0v) is 8.97. The first kappa shape index (κ1) is 10.3. The molecule has 0 amide bonds. The van der Waals surface area contributed by atoms with Crippen molar-refractivity contribution >= 4 is 11.8 Å². The van der Waals surface area contributed by atoms with Crippen LogP contribution in [-0.4, -0.2) is 6.08 Å². The van der Waals surface area contributed by atoms with Gasteiger partial charge >= 0.3 is 0 Å². The highest BCUT2D eigenvalue weighted by Gasteiger charge is 1.97. The Morgan fingerprint density at radius 2 is 1.75 bits per heavy atom. The van der Waals surface area contributed by atoms with Crippen LogP contribution in [-0.2, 0) is 4.79 Å². The number of rotatable bonds is 2. The number of benzene rings is 2. The molecule has 0 aliphatic rings. The van der Waals surface area contributed by atoms with Crippen LogP contribution in [0.2, 0.25) is 0 Å². The highest BCUT2D eigenvalue weighted by Crippen LogP contribution is 2.22. The molecule has 0 saturated carbocycles. The minimum absolute atomic E-state index is 0.631. The van der Waals surface area contributed by atoms with Gasteiger partial charge in [-0.1, -0.05) is 42.0 Å². The quantitative estimate of drug-likeness (QED) is 0.548. The average molecular weight is 209 g/mol. The van der Waals surface area contributed by atoms with Crippen LogP contribution < -0.4 is 0 Å². The number of aryl methyl sites for hydroxylation is 1. The van der Waals surface area contributed by atoms with Crippen LogP contribution in [0, 0.1) is 6.92 Å². The van der Waals surface area contributed by atoms with Crippen molar-refractivity contribution in [3.63, 3.8) is 0 Å². The fraction of sp³-hybridized carbons (Fsp3) is 0.0714. The Hall–Kier alpha value is -2.18. The fourth-order valence-electron chi connectivity index (χ4n) is 1.61. The van der Waals surface area contributed by atoms with Gasteiger partial charge in [0.1, 0.15) is 0 Å². The molecule has 0 spiro atoms. The number of hydrogen-bond donors (Lipinski definition) is 0. The summed E-state index contributed by atoms with van der Waals surface area (Å²) in [6.07, 6.45) is 1.53. The van der Waals surface area contributed by atoms with Crippen molar-refractivity contribution in [2.24, 2.45) is 4.99 Å². The molecule has 0 radical (unpaired) electrons. The topological polar surface area (TPSA) is 29.4 Å². The van der Waals surface area contributed by atoms with Gasteiger partial charge in [0.05, 0.1) is 5.69 Å². The van der Waals surface area contributed by atoms with Crippen LogP contribution in [0.5, 0.6) is 0 Å². The summed E-state index contributed by atoms with van der Waals surface area (Å²) in [6.45, 7) is 2.06. The normalized spacial score (nSPS) is 9.56. The van der Waals surface area contributed by atoms with Crippen molar-refractivity contribution in [3.05, 3.63) is 54.1 Å². The molecule has 2 rings (SSSR count). The maximum atomic E-state index is 10.1. The Labute approximate surface area is 94.3 Å². The second-order valence-electron chi connectivity index (χ2n) is 3.62. The Bertz CT molecular complexity index is 537. The van der Waals surface area contributed by atoms with E-state index in [1.165, 1.54) is 17.2 Å². The first-order chi connectivity index (χ1) is 7.79. The Kier molecular flexibility index (Phi) is 2.95. The van der Waals surface area contributed by atoms with E-state index in [0.29, 0.717) is 5.69 Å². The number of nitrogens with zero attached hydrogens (tertiary/aromatic N) is 1. The summed E-state index contributed by atoms with van der Waals surface area (Å²) in [7, 11) is 0. The molecular formula is C14H11NO. The molecule has 2 heteroatoms. The maximum absolute atomic E-state index is 10.1. The van der Waals surface area contributed by atoms with E-state index in [4.69, 9.17) is 0 Å². The molecule has 0 aliphatic heterocycles. The van der Waals surface area contributed by atoms with Gasteiger partial charge in [0.25, 0.3) is 0 Å². The number of aliphatic imine (C=N–C) groups is 1. The summed E-state index contributed by atoms with van der Waals surface area (Å²) in [5.74, 6) is 0. The highest BCUT2D eigenvalue weighted by atomic mass is 16.1. The zero-order chi connectivity index (χ0) is 11.4. The maximum Gasteiger partial charge on any atom is 0.240 e. The molecule has 0 N–H and O–H groups in total. The molecular weight excluding hydrogens is 198 g/mol. The van der Waals surface area contributed by atoms with E-state index < -0.39 is 0 Å². The number of isocyanates is 1. The molecule has 0 unspecified atom stereocenters. The third kappa shape index (κ3) is 2.25. The van der Waals surface area contributed by atoms with Crippen LogP contribution in [0.1, 0.15) is 5.56 Å². The second-order valence-corrected chi connectivity index (χ2v) is 3.62. The number of hydrogen-bond acceptors (Lipinski definition) is 2. The molecule has 0 aromatic heterocycles. The lowest BCUT2D eigenvalue weighted by atomic mass is 10.0. The van der Waals surface area contributed by atoms with Gasteiger partial charge in [-0.15, -0.1) is 0 Å². The summed E-state index contributed by atoms with van der Waals surface area (Å²) in [5.41, 5.74) is 4.15. The van der Waals surface area contributed by atoms with Crippen molar-refractivity contribution in [2.75, 3.05) is 0 Å². The van der Waals surface area contributed by atoms with Crippen LogP contribution in [0.15, 0.2) is 53.5 Å². The lowest BCUT2D eigenvalue weighted by Crippen LogP contribution is -1.78. The van der Waals surface area contributed by atoms with Crippen LogP contribution in [0.4, 0.5) is 5.69 Å². The van der Waals surface area contributed by atoms with Crippen molar-refractivity contribution in [1.82, 2.24) is 0 Å². The van der Waals surface area contributed by atoms with E-state index in [-0.39, 0.29) is 0 Å². The Morgan fingerprint density at radius 3 is 2.38 bits per heavy atom. The molecule has 0 bridgehead atoms. The first-order valence-electron chi connectivity index (χ1n) is 5.04. The third-order valence-electron chi connectivity index (χ3n) is 2.39. The molecule has 0 fully saturated rings. The highest BCUT2D eigenvalue weighted by molar-refractivity contribution is 5.66. The summed E-state index contributed by atoms with van der Waals surface area (Å²) >= 11 is 0. The van der Waals surface area contributed by atoms with E-state index in [0.717, 1.165) is 5.56 Å². The van der Waals surface area contributed by atoms with Crippen molar-refractivity contribution in [3.8, 4) is 11.1 Å². The summed E-state index contributed by atoms with van der Waals surface area (Å²) in [4.78, 5) is 13.6. The van der Waals surface area contributed by atoms with Crippen molar-refractivity contribution in [1.29, 1.82) is 0 Å². The van der Waals surface area contributed by atoms with Gasteiger partial charge in [-0.2, -0.15) is 4.99 Å². The first-order valence-corrected chi connectivity index (χ1v) is 5.04. The summed E-state index contributed by atoms with van der Waals surface area (Å²) in [5, 5.41) is 0. The third-order valence-corrected chi connectivity index (χ3v) is 2.39. The molecule has 2 nitrogen and oxygen atoms in total. The Balaban J connectivity index is 2.38. The monoisotopic (exact) mass is 209 g/mol. The van der Waals surface area contributed by atoms with E-state index in [9.17, 15) is 4.79 Å². The lowest BCUT2D eigenvalue weighted by molar-refractivity contribution is 0.565. The van der Waals surface area contributed by atoms with E-state index in [1.54, 1.807) is 0 Å². The summed E-state index contributed by atoms with van der Waals surface area (Å²) in [6, 6.07) is 15.8. The van der Waals surface area contributed by atoms with Gasteiger partial charge in [0, 0.05) is 0 Å². The molecule has 0 aliphatic carbocycles. The lowest BCUT2D eigenvalue weighted by Gasteiger charge is -2.02. The predicted octanol–water partition coefficient (Wildman–Crippen LogP) is 3.63. The standard InChI is InChI=1S/C14H11NO/c1-11-3-2-4-13(9-11)12-5-7-14(8-6-12)15-10-16/h2-9H,1H3. The smallest absolute Gasteiger partial charge is 0.211 e. The molecule has 0 heterocycles. The predicted molar refractivity (Wildman–Crippen MR) is 64.4 cm³/mol. The van der Waals surface area contributed by atoms with Crippen LogP contribution >= 0.6 is 0 Å². The minimum atomic E-state index is 0.631. The molecule has 2 aromatic rings. The van der Waals surface area contributed by atoms with Crippen LogP contribution in [0.25, 0.3) is 11.1 Å². The molecule has 0 atom stereocenters. The van der Waals surface area contributed by atoms with E-state index in [2.05, 4.69) is 30.1 Å². The van der Waals surface area contributed by atoms with Gasteiger partial charge in [-0.25, -0.2) is 4.79 Å². The minimum Gasteiger partial charge on any atom is -0.211 e. The van der Waals surface area contributed by atoms with Crippen molar-refractivity contribution in [2.45, 2.75) is 6.92 Å². The van der Waals surface area contributed by atoms with Gasteiger partial charge in [0.15, 0.2) is 0 Å². The molecule has 0 saturated heterocycles. The van der Waals surface area contributed by atoms with Gasteiger partial charge < -0.3 is 0 Å². The molecule has 16 heavy (non-hydrogen) atoms. The zero-order valence-electron chi connectivity index (χ0n) is 8.97. The van der Waals surface area contributed by atoms with Gasteiger partial charge in [0.2, 0.25) is 6.08 Å². The summed E-state index contributed by atoms with van der Waals surface area (Å²) < 4.78 is 0. The van der Waals surface area contributed by atoms with Crippen molar-refractivity contribution < 1.29 is 4.79 Å². The fourth-order valence-corrected chi connectivity index (χ4v) is 1.61. The molecule has 78 valence electrons. The second kappa shape index (κ2) is 4.56. The van der Waals surface area contributed by atoms with Gasteiger partial charge in [-0.3, -0.25) is 0 Å². The van der Waals surface area contributed by atoms with Crippen LogP contribution in [0.3, 0.4) is 0 Å². The molecule has 2 aromatic carbocycles. The number of carbonyl (C=O) groups excluding carboxylic acids is 1. The average Bonchev–Trinajstić information content (AvgIpc) is 2.30. The van der Waals surface area contributed by atoms with E-state index >= 15 is 0 Å². The van der Waals surface area contributed by atoms with E-state index in [1.807, 2.05) is 30.3 Å². The SMILES string of the molecule is Cc1cccc(-c2ccc(N=C=O)cc2)c1. The largest absolute Gasteiger partial charge is 0.240 e.